The minimum absolute atomic E-state index is 0.0281. The fourth-order valence-electron chi connectivity index (χ4n) is 6.71. The molecule has 232 valence electrons. The molecule has 2 aromatic carbocycles. The Kier molecular flexibility index (Phi) is 10.4. The number of carbonyl (C=O) groups excluding carboxylic acids is 3. The number of nitrogens with one attached hydrogen (secondary N) is 3. The van der Waals surface area contributed by atoms with Gasteiger partial charge in [-0.1, -0.05) is 67.3 Å². The van der Waals surface area contributed by atoms with Crippen molar-refractivity contribution >= 4 is 17.7 Å². The smallest absolute Gasteiger partial charge is 0.243 e. The number of hydrogen-bond donors (Lipinski definition) is 3. The Balaban J connectivity index is 1.41. The zero-order chi connectivity index (χ0) is 30.3. The van der Waals surface area contributed by atoms with Crippen LogP contribution in [0.1, 0.15) is 74.1 Å². The molecule has 0 aromatic heterocycles. The minimum Gasteiger partial charge on any atom is -0.489 e. The van der Waals surface area contributed by atoms with Crippen molar-refractivity contribution in [3.8, 4) is 5.75 Å². The van der Waals surface area contributed by atoms with Crippen molar-refractivity contribution in [3.05, 3.63) is 64.7 Å². The SMILES string of the molecule is Cc1ccc(C[C@H]2NC(=O)[C@@H](C)N(C)C(=O)[C@H](C3CCCCC3)NC[C@H]3CCc4cccc(c4O3)CCCNC2=O)cc1. The number of aryl methyl sites for hydroxylation is 3. The number of amides is 3. The Hall–Kier alpha value is -3.39. The third-order valence-corrected chi connectivity index (χ3v) is 9.57. The van der Waals surface area contributed by atoms with Gasteiger partial charge in [0.1, 0.15) is 23.9 Å². The second-order valence-electron chi connectivity index (χ2n) is 12.7. The molecule has 4 atom stereocenters. The first-order chi connectivity index (χ1) is 20.8. The number of hydrogen-bond acceptors (Lipinski definition) is 5. The number of ether oxygens (including phenoxy) is 1. The Morgan fingerprint density at radius 1 is 0.884 bits per heavy atom. The van der Waals surface area contributed by atoms with Crippen LogP contribution in [0.4, 0.5) is 0 Å². The van der Waals surface area contributed by atoms with Crippen LogP contribution < -0.4 is 20.7 Å². The standard InChI is InChI=1S/C35H48N4O4/c1-23-14-16-25(17-15-23)21-30-34(41)36-20-8-13-27-11-7-12-28-18-19-29(43-32(27)28)22-37-31(26-9-5-4-6-10-26)35(42)39(3)24(2)33(40)38-30/h7,11-12,14-17,24,26,29-31,37H,4-6,8-10,13,18-22H2,1-3H3,(H,36,41)(H,38,40)/t24-,29-,30-,31+/m1/s1. The van der Waals surface area contributed by atoms with Gasteiger partial charge in [-0.3, -0.25) is 14.4 Å². The fraction of sp³-hybridized carbons (Fsp3) is 0.571. The molecule has 1 fully saturated rings. The predicted molar refractivity (Wildman–Crippen MR) is 168 cm³/mol. The lowest BCUT2D eigenvalue weighted by Crippen LogP contribution is -2.58. The van der Waals surface area contributed by atoms with Crippen molar-refractivity contribution < 1.29 is 19.1 Å². The average Bonchev–Trinajstić information content (AvgIpc) is 3.03. The summed E-state index contributed by atoms with van der Waals surface area (Å²) < 4.78 is 6.57. The number of para-hydroxylation sites is 1. The van der Waals surface area contributed by atoms with E-state index in [1.807, 2.05) is 31.2 Å². The number of benzene rings is 2. The molecule has 3 N–H and O–H groups in total. The van der Waals surface area contributed by atoms with Crippen LogP contribution in [0.5, 0.6) is 5.75 Å². The first-order valence-corrected chi connectivity index (χ1v) is 16.2. The molecule has 0 saturated heterocycles. The molecule has 3 aliphatic rings. The van der Waals surface area contributed by atoms with Crippen LogP contribution in [0, 0.1) is 12.8 Å². The van der Waals surface area contributed by atoms with E-state index in [0.717, 1.165) is 73.8 Å². The molecule has 8 heteroatoms. The molecule has 0 spiro atoms. The molecular formula is C35H48N4O4. The topological polar surface area (TPSA) is 99.8 Å². The van der Waals surface area contributed by atoms with Crippen LogP contribution in [0.25, 0.3) is 0 Å². The quantitative estimate of drug-likeness (QED) is 0.506. The van der Waals surface area contributed by atoms with E-state index in [1.54, 1.807) is 18.9 Å². The Morgan fingerprint density at radius 2 is 1.60 bits per heavy atom. The summed E-state index contributed by atoms with van der Waals surface area (Å²) in [7, 11) is 1.71. The van der Waals surface area contributed by atoms with E-state index in [1.165, 1.54) is 12.0 Å². The first-order valence-electron chi connectivity index (χ1n) is 16.2. The highest BCUT2D eigenvalue weighted by atomic mass is 16.5. The molecule has 1 aliphatic carbocycles. The molecule has 3 amide bonds. The molecule has 5 rings (SSSR count). The van der Waals surface area contributed by atoms with Crippen molar-refractivity contribution in [2.45, 2.75) is 102 Å². The molecule has 2 bridgehead atoms. The van der Waals surface area contributed by atoms with Gasteiger partial charge in [0.05, 0.1) is 6.04 Å². The Bertz CT molecular complexity index is 1270. The van der Waals surface area contributed by atoms with Gasteiger partial charge in [-0.05, 0) is 75.0 Å². The van der Waals surface area contributed by atoms with E-state index in [2.05, 4.69) is 34.1 Å². The summed E-state index contributed by atoms with van der Waals surface area (Å²) in [6.07, 6.45) is 9.13. The van der Waals surface area contributed by atoms with Crippen LogP contribution >= 0.6 is 0 Å². The summed E-state index contributed by atoms with van der Waals surface area (Å²) in [5.74, 6) is 0.556. The van der Waals surface area contributed by atoms with Gasteiger partial charge in [0.2, 0.25) is 17.7 Å². The fourth-order valence-corrected chi connectivity index (χ4v) is 6.71. The molecule has 0 unspecified atom stereocenters. The summed E-state index contributed by atoms with van der Waals surface area (Å²) in [6.45, 7) is 4.84. The normalized spacial score (nSPS) is 26.5. The minimum atomic E-state index is -0.749. The van der Waals surface area contributed by atoms with Crippen LogP contribution in [0.15, 0.2) is 42.5 Å². The van der Waals surface area contributed by atoms with Crippen LogP contribution in [0.2, 0.25) is 0 Å². The second kappa shape index (κ2) is 14.4. The van der Waals surface area contributed by atoms with Crippen molar-refractivity contribution in [3.63, 3.8) is 0 Å². The summed E-state index contributed by atoms with van der Waals surface area (Å²) in [4.78, 5) is 42.6. The summed E-state index contributed by atoms with van der Waals surface area (Å²) >= 11 is 0. The van der Waals surface area contributed by atoms with Gasteiger partial charge in [-0.15, -0.1) is 0 Å². The lowest BCUT2D eigenvalue weighted by atomic mass is 9.83. The first kappa shape index (κ1) is 31.0. The number of fused-ring (bicyclic) bond motifs is 1. The Morgan fingerprint density at radius 3 is 2.35 bits per heavy atom. The van der Waals surface area contributed by atoms with E-state index in [4.69, 9.17) is 4.74 Å². The Labute approximate surface area is 256 Å². The van der Waals surface area contributed by atoms with Crippen molar-refractivity contribution in [2.75, 3.05) is 20.1 Å². The molecule has 1 saturated carbocycles. The zero-order valence-corrected chi connectivity index (χ0v) is 26.0. The maximum atomic E-state index is 14.0. The molecule has 2 aliphatic heterocycles. The lowest BCUT2D eigenvalue weighted by molar-refractivity contribution is -0.142. The van der Waals surface area contributed by atoms with Gasteiger partial charge in [-0.25, -0.2) is 0 Å². The molecular weight excluding hydrogens is 540 g/mol. The average molecular weight is 589 g/mol. The van der Waals surface area contributed by atoms with Crippen molar-refractivity contribution in [1.29, 1.82) is 0 Å². The highest BCUT2D eigenvalue weighted by Gasteiger charge is 2.36. The summed E-state index contributed by atoms with van der Waals surface area (Å²) in [5, 5.41) is 9.65. The number of rotatable bonds is 3. The second-order valence-corrected chi connectivity index (χ2v) is 12.7. The number of nitrogens with zero attached hydrogens (tertiary/aromatic N) is 1. The van der Waals surface area contributed by atoms with Crippen LogP contribution in [0.3, 0.4) is 0 Å². The van der Waals surface area contributed by atoms with E-state index in [-0.39, 0.29) is 35.8 Å². The van der Waals surface area contributed by atoms with E-state index in [9.17, 15) is 14.4 Å². The van der Waals surface area contributed by atoms with E-state index < -0.39 is 12.1 Å². The third-order valence-electron chi connectivity index (χ3n) is 9.57. The lowest BCUT2D eigenvalue weighted by Gasteiger charge is -2.36. The van der Waals surface area contributed by atoms with Gasteiger partial charge in [0, 0.05) is 26.6 Å². The van der Waals surface area contributed by atoms with E-state index in [0.29, 0.717) is 19.5 Å². The molecule has 0 radical (unpaired) electrons. The summed E-state index contributed by atoms with van der Waals surface area (Å²) in [6, 6.07) is 12.5. The van der Waals surface area contributed by atoms with Crippen molar-refractivity contribution in [2.24, 2.45) is 5.92 Å². The van der Waals surface area contributed by atoms with Gasteiger partial charge in [-0.2, -0.15) is 0 Å². The maximum Gasteiger partial charge on any atom is 0.243 e. The largest absolute Gasteiger partial charge is 0.489 e. The highest BCUT2D eigenvalue weighted by molar-refractivity contribution is 5.93. The van der Waals surface area contributed by atoms with Crippen molar-refractivity contribution in [1.82, 2.24) is 20.9 Å². The molecule has 2 heterocycles. The summed E-state index contributed by atoms with van der Waals surface area (Å²) in [5.41, 5.74) is 4.47. The monoisotopic (exact) mass is 588 g/mol. The molecule has 8 nitrogen and oxygen atoms in total. The van der Waals surface area contributed by atoms with Crippen LogP contribution in [-0.2, 0) is 33.6 Å². The van der Waals surface area contributed by atoms with Gasteiger partial charge >= 0.3 is 0 Å². The molecule has 43 heavy (non-hydrogen) atoms. The van der Waals surface area contributed by atoms with Gasteiger partial charge in [0.15, 0.2) is 0 Å². The van der Waals surface area contributed by atoms with Gasteiger partial charge in [0.25, 0.3) is 0 Å². The zero-order valence-electron chi connectivity index (χ0n) is 26.0. The van der Waals surface area contributed by atoms with Crippen LogP contribution in [-0.4, -0.2) is 67.0 Å². The third kappa shape index (κ3) is 7.77. The number of likely N-dealkylation sites (N-methyl/N-ethyl adjacent to an activating group) is 1. The van der Waals surface area contributed by atoms with E-state index >= 15 is 0 Å². The highest BCUT2D eigenvalue weighted by Crippen LogP contribution is 2.33. The predicted octanol–water partition coefficient (Wildman–Crippen LogP) is 3.86. The maximum absolute atomic E-state index is 14.0. The molecule has 2 aromatic rings. The van der Waals surface area contributed by atoms with Gasteiger partial charge < -0.3 is 25.6 Å². The number of carbonyl (C=O) groups is 3.